The summed E-state index contributed by atoms with van der Waals surface area (Å²) in [4.78, 5) is 5.31. The molecule has 0 amide bonds. The summed E-state index contributed by atoms with van der Waals surface area (Å²) >= 11 is 0. The number of fused-ring (bicyclic) bond motifs is 3. The topological polar surface area (TPSA) is 30.8 Å². The zero-order valence-electron chi connectivity index (χ0n) is 7.93. The van der Waals surface area contributed by atoms with Gasteiger partial charge in [-0.25, -0.2) is 0 Å². The maximum Gasteiger partial charge on any atom is 0.161 e. The van der Waals surface area contributed by atoms with E-state index < -0.39 is 0 Å². The molecule has 2 aliphatic rings. The van der Waals surface area contributed by atoms with Gasteiger partial charge in [0.1, 0.15) is 5.75 Å². The first-order valence-corrected chi connectivity index (χ1v) is 4.74. The van der Waals surface area contributed by atoms with Gasteiger partial charge in [-0.2, -0.15) is 0 Å². The maximum atomic E-state index is 5.31. The van der Waals surface area contributed by atoms with Gasteiger partial charge in [0.25, 0.3) is 0 Å². The molecule has 0 bridgehead atoms. The second kappa shape index (κ2) is 2.74. The number of hydrogen-bond donors (Lipinski definition) is 0. The Morgan fingerprint density at radius 2 is 2.43 bits per heavy atom. The van der Waals surface area contributed by atoms with Crippen LogP contribution >= 0.6 is 0 Å². The third-order valence-electron chi connectivity index (χ3n) is 2.93. The van der Waals surface area contributed by atoms with Crippen molar-refractivity contribution in [1.29, 1.82) is 0 Å². The highest BCUT2D eigenvalue weighted by atomic mass is 16.6. The van der Waals surface area contributed by atoms with Gasteiger partial charge in [0.15, 0.2) is 6.10 Å². The Bertz CT molecular complexity index is 400. The lowest BCUT2D eigenvalue weighted by Crippen LogP contribution is -2.02. The number of rotatable bonds is 1. The maximum absolute atomic E-state index is 5.31. The lowest BCUT2D eigenvalue weighted by atomic mass is 10.1. The van der Waals surface area contributed by atoms with E-state index >= 15 is 0 Å². The van der Waals surface area contributed by atoms with Crippen LogP contribution in [-0.2, 0) is 11.3 Å². The van der Waals surface area contributed by atoms with Gasteiger partial charge in [-0.15, -0.1) is 0 Å². The van der Waals surface area contributed by atoms with Crippen molar-refractivity contribution < 1.29 is 9.57 Å². The van der Waals surface area contributed by atoms with Crippen molar-refractivity contribution in [3.05, 3.63) is 29.3 Å². The summed E-state index contributed by atoms with van der Waals surface area (Å²) in [6.07, 6.45) is 3.06. The number of nitrogens with zero attached hydrogens (tertiary/aromatic N) is 1. The third kappa shape index (κ3) is 0.953. The minimum atomic E-state index is 0.149. The van der Waals surface area contributed by atoms with E-state index in [1.54, 1.807) is 7.11 Å². The van der Waals surface area contributed by atoms with Crippen LogP contribution in [0.25, 0.3) is 0 Å². The summed E-state index contributed by atoms with van der Waals surface area (Å²) in [5, 5.41) is 3.85. The van der Waals surface area contributed by atoms with Crippen molar-refractivity contribution in [1.82, 2.24) is 0 Å². The Labute approximate surface area is 82.3 Å². The van der Waals surface area contributed by atoms with E-state index in [1.165, 1.54) is 11.1 Å². The molecule has 2 atom stereocenters. The fraction of sp³-hybridized carbons (Fsp3) is 0.364. The van der Waals surface area contributed by atoms with Gasteiger partial charge in [0.05, 0.1) is 13.3 Å². The van der Waals surface area contributed by atoms with Crippen molar-refractivity contribution in [2.75, 3.05) is 7.11 Å². The molecular formula is C11H11NO2. The van der Waals surface area contributed by atoms with E-state index in [4.69, 9.17) is 9.57 Å². The first-order valence-electron chi connectivity index (χ1n) is 4.74. The summed E-state index contributed by atoms with van der Waals surface area (Å²) < 4.78 is 5.19. The molecular weight excluding hydrogens is 178 g/mol. The molecule has 0 radical (unpaired) electrons. The van der Waals surface area contributed by atoms with Crippen LogP contribution in [0.4, 0.5) is 0 Å². The molecule has 0 aromatic heterocycles. The van der Waals surface area contributed by atoms with Crippen LogP contribution in [0.3, 0.4) is 0 Å². The van der Waals surface area contributed by atoms with Crippen LogP contribution in [-0.4, -0.2) is 13.3 Å². The number of hydrogen-bond acceptors (Lipinski definition) is 3. The fourth-order valence-corrected chi connectivity index (χ4v) is 2.20. The summed E-state index contributed by atoms with van der Waals surface area (Å²) in [6.45, 7) is 0. The lowest BCUT2D eigenvalue weighted by Gasteiger charge is -2.08. The predicted octanol–water partition coefficient (Wildman–Crippen LogP) is 1.92. The average molecular weight is 189 g/mol. The smallest absolute Gasteiger partial charge is 0.161 e. The SMILES string of the molecule is COc1ccc2c(c1)C[C@H]1C=NO[C@H]21. The summed E-state index contributed by atoms with van der Waals surface area (Å²) in [6, 6.07) is 6.14. The molecule has 3 nitrogen and oxygen atoms in total. The molecule has 3 heteroatoms. The van der Waals surface area contributed by atoms with E-state index in [9.17, 15) is 0 Å². The third-order valence-corrected chi connectivity index (χ3v) is 2.93. The first kappa shape index (κ1) is 7.85. The second-order valence-electron chi connectivity index (χ2n) is 3.71. The summed E-state index contributed by atoms with van der Waals surface area (Å²) in [5.41, 5.74) is 2.58. The van der Waals surface area contributed by atoms with Gasteiger partial charge in [-0.3, -0.25) is 0 Å². The highest BCUT2D eigenvalue weighted by Crippen LogP contribution is 2.41. The van der Waals surface area contributed by atoms with Crippen LogP contribution in [0.15, 0.2) is 23.4 Å². The second-order valence-corrected chi connectivity index (χ2v) is 3.71. The molecule has 0 saturated heterocycles. The predicted molar refractivity (Wildman–Crippen MR) is 52.5 cm³/mol. The summed E-state index contributed by atoms with van der Waals surface area (Å²) in [5.74, 6) is 1.35. The van der Waals surface area contributed by atoms with Gasteiger partial charge < -0.3 is 9.57 Å². The monoisotopic (exact) mass is 189 g/mol. The van der Waals surface area contributed by atoms with Crippen LogP contribution in [0.1, 0.15) is 17.2 Å². The highest BCUT2D eigenvalue weighted by molar-refractivity contribution is 5.66. The normalized spacial score (nSPS) is 26.9. The molecule has 1 aliphatic heterocycles. The molecule has 0 spiro atoms. The Morgan fingerprint density at radius 1 is 1.50 bits per heavy atom. The molecule has 1 aliphatic carbocycles. The van der Waals surface area contributed by atoms with Gasteiger partial charge >= 0.3 is 0 Å². The lowest BCUT2D eigenvalue weighted by molar-refractivity contribution is 0.0697. The largest absolute Gasteiger partial charge is 0.497 e. The van der Waals surface area contributed by atoms with Gasteiger partial charge in [0, 0.05) is 5.92 Å². The molecule has 0 fully saturated rings. The molecule has 1 aromatic rings. The quantitative estimate of drug-likeness (QED) is 0.675. The Balaban J connectivity index is 2.03. The number of benzene rings is 1. The number of oxime groups is 1. The van der Waals surface area contributed by atoms with E-state index in [1.807, 2.05) is 12.3 Å². The first-order chi connectivity index (χ1) is 6.88. The zero-order valence-corrected chi connectivity index (χ0v) is 7.93. The van der Waals surface area contributed by atoms with Crippen LogP contribution in [0, 0.1) is 5.92 Å². The Morgan fingerprint density at radius 3 is 3.29 bits per heavy atom. The fourth-order valence-electron chi connectivity index (χ4n) is 2.20. The van der Waals surface area contributed by atoms with E-state index in [0.717, 1.165) is 12.2 Å². The van der Waals surface area contributed by atoms with Crippen molar-refractivity contribution in [3.63, 3.8) is 0 Å². The average Bonchev–Trinajstić information content (AvgIpc) is 2.75. The molecule has 0 unspecified atom stereocenters. The molecule has 14 heavy (non-hydrogen) atoms. The van der Waals surface area contributed by atoms with Crippen molar-refractivity contribution in [2.24, 2.45) is 11.1 Å². The standard InChI is InChI=1S/C11H11NO2/c1-13-9-2-3-10-7(5-9)4-8-6-12-14-11(8)10/h2-3,5-6,8,11H,4H2,1H3/t8-,11-/m0/s1. The molecule has 0 saturated carbocycles. The molecule has 1 aromatic carbocycles. The van der Waals surface area contributed by atoms with E-state index in [-0.39, 0.29) is 6.10 Å². The van der Waals surface area contributed by atoms with Crippen molar-refractivity contribution in [2.45, 2.75) is 12.5 Å². The van der Waals surface area contributed by atoms with Gasteiger partial charge in [0.2, 0.25) is 0 Å². The van der Waals surface area contributed by atoms with Crippen molar-refractivity contribution in [3.8, 4) is 5.75 Å². The van der Waals surface area contributed by atoms with Gasteiger partial charge in [-0.05, 0) is 29.7 Å². The number of methoxy groups -OCH3 is 1. The molecule has 72 valence electrons. The summed E-state index contributed by atoms with van der Waals surface area (Å²) in [7, 11) is 1.69. The molecule has 1 heterocycles. The van der Waals surface area contributed by atoms with Crippen LogP contribution in [0.5, 0.6) is 5.75 Å². The van der Waals surface area contributed by atoms with Crippen molar-refractivity contribution >= 4 is 6.21 Å². The molecule has 3 rings (SSSR count). The Kier molecular flexibility index (Phi) is 1.54. The Hall–Kier alpha value is -1.51. The van der Waals surface area contributed by atoms with Crippen LogP contribution in [0.2, 0.25) is 0 Å². The minimum Gasteiger partial charge on any atom is -0.497 e. The molecule has 0 N–H and O–H groups in total. The number of ether oxygens (including phenoxy) is 1. The zero-order chi connectivity index (χ0) is 9.54. The van der Waals surface area contributed by atoms with Crippen LogP contribution < -0.4 is 4.74 Å². The van der Waals surface area contributed by atoms with E-state index in [0.29, 0.717) is 5.92 Å². The van der Waals surface area contributed by atoms with E-state index in [2.05, 4.69) is 17.3 Å². The van der Waals surface area contributed by atoms with Gasteiger partial charge in [-0.1, -0.05) is 11.2 Å². The minimum absolute atomic E-state index is 0.149. The highest BCUT2D eigenvalue weighted by Gasteiger charge is 2.36.